The molecule has 2 aliphatic rings. The van der Waals surface area contributed by atoms with Crippen LogP contribution in [0.5, 0.6) is 5.75 Å². The van der Waals surface area contributed by atoms with E-state index < -0.39 is 0 Å². The van der Waals surface area contributed by atoms with Crippen LogP contribution in [0, 0.1) is 0 Å². The molecule has 0 aliphatic heterocycles. The van der Waals surface area contributed by atoms with Gasteiger partial charge < -0.3 is 15.0 Å². The summed E-state index contributed by atoms with van der Waals surface area (Å²) in [6.07, 6.45) is 4.80. The number of amides is 1. The lowest BCUT2D eigenvalue weighted by Gasteiger charge is -2.17. The quantitative estimate of drug-likeness (QED) is 0.826. The van der Waals surface area contributed by atoms with Gasteiger partial charge in [-0.2, -0.15) is 0 Å². The summed E-state index contributed by atoms with van der Waals surface area (Å²) < 4.78 is 5.72. The van der Waals surface area contributed by atoms with Crippen LogP contribution in [0.25, 0.3) is 0 Å². The van der Waals surface area contributed by atoms with Crippen molar-refractivity contribution in [3.63, 3.8) is 0 Å². The van der Waals surface area contributed by atoms with Crippen LogP contribution in [0.1, 0.15) is 31.2 Å². The number of benzene rings is 1. The van der Waals surface area contributed by atoms with Crippen LogP contribution in [-0.2, 0) is 11.3 Å². The van der Waals surface area contributed by atoms with Crippen molar-refractivity contribution in [2.24, 2.45) is 0 Å². The molecule has 4 heteroatoms. The zero-order valence-corrected chi connectivity index (χ0v) is 12.0. The summed E-state index contributed by atoms with van der Waals surface area (Å²) in [5.41, 5.74) is 1.13. The highest BCUT2D eigenvalue weighted by atomic mass is 16.5. The second kappa shape index (κ2) is 5.83. The van der Waals surface area contributed by atoms with Gasteiger partial charge in [-0.3, -0.25) is 4.79 Å². The second-order valence-electron chi connectivity index (χ2n) is 5.79. The third-order valence-electron chi connectivity index (χ3n) is 3.97. The molecule has 4 nitrogen and oxygen atoms in total. The molecule has 20 heavy (non-hydrogen) atoms. The SMILES string of the molecule is CN(C(=O)COc1ccccc1CNC1CC1)C1CC1. The summed E-state index contributed by atoms with van der Waals surface area (Å²) in [4.78, 5) is 13.8. The molecule has 108 valence electrons. The number of hydrogen-bond acceptors (Lipinski definition) is 3. The molecular weight excluding hydrogens is 252 g/mol. The first kappa shape index (κ1) is 13.4. The maximum atomic E-state index is 12.0. The van der Waals surface area contributed by atoms with Gasteiger partial charge in [0.15, 0.2) is 6.61 Å². The van der Waals surface area contributed by atoms with E-state index in [1.54, 1.807) is 0 Å². The number of carbonyl (C=O) groups is 1. The van der Waals surface area contributed by atoms with E-state index in [0.717, 1.165) is 30.7 Å². The summed E-state index contributed by atoms with van der Waals surface area (Å²) in [6, 6.07) is 9.07. The molecule has 0 heterocycles. The lowest BCUT2D eigenvalue weighted by Crippen LogP contribution is -2.33. The van der Waals surface area contributed by atoms with Crippen molar-refractivity contribution < 1.29 is 9.53 Å². The minimum absolute atomic E-state index is 0.0671. The standard InChI is InChI=1S/C16H22N2O2/c1-18(14-8-9-14)16(19)11-20-15-5-3-2-4-12(15)10-17-13-6-7-13/h2-5,13-14,17H,6-11H2,1H3. The van der Waals surface area contributed by atoms with Gasteiger partial charge in [0.1, 0.15) is 5.75 Å². The summed E-state index contributed by atoms with van der Waals surface area (Å²) >= 11 is 0. The first-order chi connectivity index (χ1) is 9.74. The smallest absolute Gasteiger partial charge is 0.260 e. The molecule has 2 saturated carbocycles. The first-order valence-corrected chi connectivity index (χ1v) is 7.44. The monoisotopic (exact) mass is 274 g/mol. The summed E-state index contributed by atoms with van der Waals surface area (Å²) in [7, 11) is 1.86. The van der Waals surface area contributed by atoms with Gasteiger partial charge in [-0.1, -0.05) is 18.2 Å². The zero-order valence-electron chi connectivity index (χ0n) is 12.0. The Kier molecular flexibility index (Phi) is 3.92. The fourth-order valence-corrected chi connectivity index (χ4v) is 2.24. The number of ether oxygens (including phenoxy) is 1. The lowest BCUT2D eigenvalue weighted by atomic mass is 10.2. The minimum atomic E-state index is 0.0671. The second-order valence-corrected chi connectivity index (χ2v) is 5.79. The predicted molar refractivity (Wildman–Crippen MR) is 77.6 cm³/mol. The third kappa shape index (κ3) is 3.51. The molecule has 0 aromatic heterocycles. The molecule has 1 aromatic carbocycles. The van der Waals surface area contributed by atoms with Gasteiger partial charge in [0.05, 0.1) is 0 Å². The molecule has 0 spiro atoms. The van der Waals surface area contributed by atoms with Crippen molar-refractivity contribution in [1.29, 1.82) is 0 Å². The molecule has 0 unspecified atom stereocenters. The first-order valence-electron chi connectivity index (χ1n) is 7.44. The van der Waals surface area contributed by atoms with E-state index >= 15 is 0 Å². The van der Waals surface area contributed by atoms with Crippen molar-refractivity contribution in [3.8, 4) is 5.75 Å². The number of para-hydroxylation sites is 1. The number of nitrogens with zero attached hydrogens (tertiary/aromatic N) is 1. The van der Waals surface area contributed by atoms with Gasteiger partial charge in [-0.05, 0) is 31.7 Å². The van der Waals surface area contributed by atoms with Crippen molar-refractivity contribution in [2.75, 3.05) is 13.7 Å². The van der Waals surface area contributed by atoms with Crippen LogP contribution in [0.15, 0.2) is 24.3 Å². The number of hydrogen-bond donors (Lipinski definition) is 1. The van der Waals surface area contributed by atoms with Gasteiger partial charge >= 0.3 is 0 Å². The van der Waals surface area contributed by atoms with Crippen LogP contribution in [-0.4, -0.2) is 36.5 Å². The van der Waals surface area contributed by atoms with Crippen molar-refractivity contribution in [1.82, 2.24) is 10.2 Å². The van der Waals surface area contributed by atoms with E-state index in [2.05, 4.69) is 11.4 Å². The van der Waals surface area contributed by atoms with Gasteiger partial charge in [0.2, 0.25) is 0 Å². The number of likely N-dealkylation sites (N-methyl/N-ethyl adjacent to an activating group) is 1. The third-order valence-corrected chi connectivity index (χ3v) is 3.97. The Morgan fingerprint density at radius 3 is 2.75 bits per heavy atom. The van der Waals surface area contributed by atoms with Gasteiger partial charge in [-0.15, -0.1) is 0 Å². The molecule has 3 rings (SSSR count). The molecule has 1 N–H and O–H groups in total. The normalized spacial score (nSPS) is 17.9. The molecule has 0 saturated heterocycles. The van der Waals surface area contributed by atoms with E-state index in [-0.39, 0.29) is 12.5 Å². The highest BCUT2D eigenvalue weighted by Gasteiger charge is 2.29. The Bertz CT molecular complexity index is 481. The van der Waals surface area contributed by atoms with Crippen LogP contribution < -0.4 is 10.1 Å². The van der Waals surface area contributed by atoms with Crippen LogP contribution >= 0.6 is 0 Å². The Morgan fingerprint density at radius 1 is 1.30 bits per heavy atom. The fourth-order valence-electron chi connectivity index (χ4n) is 2.24. The van der Waals surface area contributed by atoms with E-state index in [0.29, 0.717) is 12.1 Å². The average molecular weight is 274 g/mol. The Hall–Kier alpha value is -1.55. The topological polar surface area (TPSA) is 41.6 Å². The molecule has 0 atom stereocenters. The summed E-state index contributed by atoms with van der Waals surface area (Å²) in [6.45, 7) is 0.945. The Balaban J connectivity index is 1.53. The minimum Gasteiger partial charge on any atom is -0.483 e. The van der Waals surface area contributed by atoms with Crippen molar-refractivity contribution in [2.45, 2.75) is 44.3 Å². The van der Waals surface area contributed by atoms with Crippen LogP contribution in [0.2, 0.25) is 0 Å². The van der Waals surface area contributed by atoms with E-state index in [1.165, 1.54) is 12.8 Å². The Labute approximate surface area is 120 Å². The van der Waals surface area contributed by atoms with Crippen LogP contribution in [0.4, 0.5) is 0 Å². The molecule has 1 aromatic rings. The molecule has 2 aliphatic carbocycles. The van der Waals surface area contributed by atoms with Gasteiger partial charge in [0, 0.05) is 31.2 Å². The number of rotatable bonds is 7. The van der Waals surface area contributed by atoms with E-state index in [4.69, 9.17) is 4.74 Å². The van der Waals surface area contributed by atoms with Crippen molar-refractivity contribution in [3.05, 3.63) is 29.8 Å². The average Bonchev–Trinajstić information content (AvgIpc) is 3.35. The molecule has 2 fully saturated rings. The maximum Gasteiger partial charge on any atom is 0.260 e. The molecule has 0 radical (unpaired) electrons. The number of carbonyl (C=O) groups excluding carboxylic acids is 1. The highest BCUT2D eigenvalue weighted by molar-refractivity contribution is 5.78. The van der Waals surface area contributed by atoms with E-state index in [9.17, 15) is 4.79 Å². The van der Waals surface area contributed by atoms with Crippen molar-refractivity contribution >= 4 is 5.91 Å². The largest absolute Gasteiger partial charge is 0.483 e. The zero-order chi connectivity index (χ0) is 13.9. The Morgan fingerprint density at radius 2 is 2.05 bits per heavy atom. The lowest BCUT2D eigenvalue weighted by molar-refractivity contribution is -0.132. The molecular formula is C16H22N2O2. The summed E-state index contributed by atoms with van der Waals surface area (Å²) in [5.74, 6) is 0.885. The number of nitrogens with one attached hydrogen (secondary N) is 1. The summed E-state index contributed by atoms with van der Waals surface area (Å²) in [5, 5.41) is 3.48. The van der Waals surface area contributed by atoms with Crippen LogP contribution in [0.3, 0.4) is 0 Å². The predicted octanol–water partition coefficient (Wildman–Crippen LogP) is 1.94. The van der Waals surface area contributed by atoms with Gasteiger partial charge in [-0.25, -0.2) is 0 Å². The van der Waals surface area contributed by atoms with Gasteiger partial charge in [0.25, 0.3) is 5.91 Å². The van der Waals surface area contributed by atoms with E-state index in [1.807, 2.05) is 30.1 Å². The highest BCUT2D eigenvalue weighted by Crippen LogP contribution is 2.26. The fraction of sp³-hybridized carbons (Fsp3) is 0.562. The molecule has 1 amide bonds. The maximum absolute atomic E-state index is 12.0. The molecule has 0 bridgehead atoms.